The molecule has 0 saturated heterocycles. The second-order valence-corrected chi connectivity index (χ2v) is 7.85. The van der Waals surface area contributed by atoms with Crippen LogP contribution in [0.3, 0.4) is 0 Å². The van der Waals surface area contributed by atoms with E-state index in [-0.39, 0.29) is 17.8 Å². The summed E-state index contributed by atoms with van der Waals surface area (Å²) in [6, 6.07) is 0.242. The smallest absolute Gasteiger partial charge is 0.338 e. The van der Waals surface area contributed by atoms with Gasteiger partial charge in [0.05, 0.1) is 41.9 Å². The van der Waals surface area contributed by atoms with Crippen molar-refractivity contribution in [2.45, 2.75) is 65.8 Å². The quantitative estimate of drug-likeness (QED) is 0.320. The first-order chi connectivity index (χ1) is 11.2. The minimum atomic E-state index is -4.09. The highest BCUT2D eigenvalue weighted by atomic mass is 32.2. The van der Waals surface area contributed by atoms with Crippen LogP contribution in [-0.4, -0.2) is 54.9 Å². The fourth-order valence-corrected chi connectivity index (χ4v) is 3.47. The lowest BCUT2D eigenvalue weighted by Crippen LogP contribution is -2.55. The zero-order chi connectivity index (χ0) is 18.6. The highest BCUT2D eigenvalue weighted by Crippen LogP contribution is 2.20. The molecular formula is C17H33NO5S. The molecule has 0 bridgehead atoms. The summed E-state index contributed by atoms with van der Waals surface area (Å²) >= 11 is 0. The van der Waals surface area contributed by atoms with Crippen molar-refractivity contribution in [3.05, 3.63) is 12.3 Å². The molecule has 0 spiro atoms. The normalized spacial score (nSPS) is 15.1. The predicted molar refractivity (Wildman–Crippen MR) is 94.2 cm³/mol. The molecule has 0 radical (unpaired) electrons. The maximum atomic E-state index is 10.8. The monoisotopic (exact) mass is 363 g/mol. The third-order valence-corrected chi connectivity index (χ3v) is 5.39. The summed E-state index contributed by atoms with van der Waals surface area (Å²) in [5.74, 6) is -0.475. The molecule has 0 aliphatic carbocycles. The lowest BCUT2D eigenvalue weighted by Gasteiger charge is -2.43. The van der Waals surface area contributed by atoms with Crippen molar-refractivity contribution < 1.29 is 27.0 Å². The Kier molecular flexibility index (Phi) is 11.2. The molecule has 0 N–H and O–H groups in total. The molecule has 0 amide bonds. The van der Waals surface area contributed by atoms with Crippen molar-refractivity contribution in [1.29, 1.82) is 0 Å². The molecule has 0 fully saturated rings. The fourth-order valence-electron chi connectivity index (χ4n) is 2.84. The maximum absolute atomic E-state index is 10.8. The van der Waals surface area contributed by atoms with Gasteiger partial charge in [0.25, 0.3) is 0 Å². The van der Waals surface area contributed by atoms with Gasteiger partial charge in [0.15, 0.2) is 0 Å². The molecule has 7 heteroatoms. The second-order valence-electron chi connectivity index (χ2n) is 6.33. The molecule has 0 aromatic heterocycles. The number of quaternary nitrogens is 1. The van der Waals surface area contributed by atoms with Gasteiger partial charge in [-0.2, -0.15) is 0 Å². The summed E-state index contributed by atoms with van der Waals surface area (Å²) in [6.45, 7) is 11.8. The van der Waals surface area contributed by atoms with E-state index in [1.54, 1.807) is 0 Å². The molecule has 24 heavy (non-hydrogen) atoms. The number of nitrogens with zero attached hydrogens (tertiary/aromatic N) is 1. The van der Waals surface area contributed by atoms with E-state index in [1.165, 1.54) is 12.3 Å². The van der Waals surface area contributed by atoms with Gasteiger partial charge in [0, 0.05) is 12.2 Å². The van der Waals surface area contributed by atoms with Gasteiger partial charge in [-0.1, -0.05) is 26.7 Å². The van der Waals surface area contributed by atoms with Crippen LogP contribution in [0.15, 0.2) is 12.3 Å². The Bertz CT molecular complexity index is 479. The summed E-state index contributed by atoms with van der Waals surface area (Å²) in [5, 5.41) is 0. The van der Waals surface area contributed by atoms with Gasteiger partial charge in [-0.05, 0) is 26.7 Å². The average Bonchev–Trinajstić information content (AvgIpc) is 2.51. The lowest BCUT2D eigenvalue weighted by molar-refractivity contribution is -0.948. The Morgan fingerprint density at radius 1 is 1.17 bits per heavy atom. The minimum Gasteiger partial charge on any atom is -0.748 e. The summed E-state index contributed by atoms with van der Waals surface area (Å²) < 4.78 is 37.5. The van der Waals surface area contributed by atoms with Crippen molar-refractivity contribution in [3.8, 4) is 0 Å². The van der Waals surface area contributed by atoms with Crippen LogP contribution in [0, 0.1) is 0 Å². The highest BCUT2D eigenvalue weighted by Gasteiger charge is 2.31. The number of cyclic esters (lactones) is 1. The van der Waals surface area contributed by atoms with Crippen LogP contribution < -0.4 is 0 Å². The largest absolute Gasteiger partial charge is 0.748 e. The minimum absolute atomic E-state index is 0.230. The van der Waals surface area contributed by atoms with Gasteiger partial charge in [0.1, 0.15) is 6.26 Å². The SMILES string of the molecule is CCCC[N+](CC)(CCCC)C(C)CCS(=O)(=O)[O-].O=C1C=CO1. The molecule has 1 unspecified atom stereocenters. The van der Waals surface area contributed by atoms with E-state index in [4.69, 9.17) is 0 Å². The summed E-state index contributed by atoms with van der Waals surface area (Å²) in [4.78, 5) is 9.59. The van der Waals surface area contributed by atoms with E-state index < -0.39 is 10.1 Å². The van der Waals surface area contributed by atoms with Crippen LogP contribution in [-0.2, 0) is 19.6 Å². The number of unbranched alkanes of at least 4 members (excludes halogenated alkanes) is 2. The van der Waals surface area contributed by atoms with Crippen molar-refractivity contribution in [3.63, 3.8) is 0 Å². The predicted octanol–water partition coefficient (Wildman–Crippen LogP) is 2.80. The molecular weight excluding hydrogens is 330 g/mol. The molecule has 1 aliphatic heterocycles. The van der Waals surface area contributed by atoms with E-state index in [2.05, 4.69) is 32.4 Å². The highest BCUT2D eigenvalue weighted by molar-refractivity contribution is 7.85. The molecule has 0 saturated carbocycles. The Morgan fingerprint density at radius 2 is 1.62 bits per heavy atom. The maximum Gasteiger partial charge on any atom is 0.338 e. The van der Waals surface area contributed by atoms with Gasteiger partial charge in [-0.3, -0.25) is 0 Å². The molecule has 1 aliphatic rings. The van der Waals surface area contributed by atoms with Crippen molar-refractivity contribution >= 4 is 16.1 Å². The van der Waals surface area contributed by atoms with Gasteiger partial charge in [0.2, 0.25) is 0 Å². The topological polar surface area (TPSA) is 83.5 Å². The van der Waals surface area contributed by atoms with E-state index in [0.717, 1.165) is 49.8 Å². The first-order valence-corrected chi connectivity index (χ1v) is 10.4. The van der Waals surface area contributed by atoms with E-state index in [9.17, 15) is 17.8 Å². The molecule has 1 atom stereocenters. The van der Waals surface area contributed by atoms with Crippen molar-refractivity contribution in [2.24, 2.45) is 0 Å². The van der Waals surface area contributed by atoms with Crippen LogP contribution in [0.2, 0.25) is 0 Å². The summed E-state index contributed by atoms with van der Waals surface area (Å²) in [5.41, 5.74) is 0. The number of hydrogen-bond acceptors (Lipinski definition) is 5. The van der Waals surface area contributed by atoms with Gasteiger partial charge in [-0.15, -0.1) is 0 Å². The van der Waals surface area contributed by atoms with Crippen LogP contribution >= 0.6 is 0 Å². The first kappa shape index (κ1) is 23.1. The summed E-state index contributed by atoms with van der Waals surface area (Å²) in [6.07, 6.45) is 7.81. The van der Waals surface area contributed by atoms with Gasteiger partial charge >= 0.3 is 5.97 Å². The van der Waals surface area contributed by atoms with E-state index >= 15 is 0 Å². The van der Waals surface area contributed by atoms with Crippen LogP contribution in [0.4, 0.5) is 0 Å². The van der Waals surface area contributed by atoms with Gasteiger partial charge < -0.3 is 13.8 Å². The summed E-state index contributed by atoms with van der Waals surface area (Å²) in [7, 11) is -4.09. The number of ether oxygens (including phenoxy) is 1. The number of hydrogen-bond donors (Lipinski definition) is 0. The molecule has 1 rings (SSSR count). The second kappa shape index (κ2) is 11.6. The number of esters is 1. The molecule has 1 heterocycles. The standard InChI is InChI=1S/C14H31NO3S.C3H2O2/c1-5-8-11-15(7-3,12-9-6-2)14(4)10-13-19(16,17)18;4-3-1-2-5-3/h14H,5-13H2,1-4H3;1-2H. The molecule has 0 aromatic carbocycles. The van der Waals surface area contributed by atoms with Crippen LogP contribution in [0.1, 0.15) is 59.8 Å². The average molecular weight is 364 g/mol. The Balaban J connectivity index is 0.000000889. The third kappa shape index (κ3) is 9.39. The Hall–Kier alpha value is -0.920. The fraction of sp³-hybridized carbons (Fsp3) is 0.824. The Morgan fingerprint density at radius 3 is 1.88 bits per heavy atom. The third-order valence-electron chi connectivity index (χ3n) is 4.65. The van der Waals surface area contributed by atoms with E-state index in [0.29, 0.717) is 6.42 Å². The van der Waals surface area contributed by atoms with Crippen molar-refractivity contribution in [2.75, 3.05) is 25.4 Å². The molecule has 6 nitrogen and oxygen atoms in total. The zero-order valence-electron chi connectivity index (χ0n) is 15.5. The zero-order valence-corrected chi connectivity index (χ0v) is 16.3. The first-order valence-electron chi connectivity index (χ1n) is 8.87. The van der Waals surface area contributed by atoms with Crippen LogP contribution in [0.5, 0.6) is 0 Å². The lowest BCUT2D eigenvalue weighted by atomic mass is 10.1. The number of carbonyl (C=O) groups excluding carboxylic acids is 1. The van der Waals surface area contributed by atoms with E-state index in [1.807, 2.05) is 0 Å². The van der Waals surface area contributed by atoms with Crippen molar-refractivity contribution in [1.82, 2.24) is 0 Å². The molecule has 0 aromatic rings. The number of carbonyl (C=O) groups is 1. The Labute approximate surface area is 147 Å². The number of rotatable bonds is 11. The van der Waals surface area contributed by atoms with Gasteiger partial charge in [-0.25, -0.2) is 13.2 Å². The molecule has 142 valence electrons. The van der Waals surface area contributed by atoms with Crippen LogP contribution in [0.25, 0.3) is 0 Å².